The summed E-state index contributed by atoms with van der Waals surface area (Å²) in [4.78, 5) is 10.8. The first-order valence-electron chi connectivity index (χ1n) is 4.55. The van der Waals surface area contributed by atoms with Gasteiger partial charge in [0.1, 0.15) is 6.04 Å². The Kier molecular flexibility index (Phi) is 2.37. The number of anilines is 1. The summed E-state index contributed by atoms with van der Waals surface area (Å²) < 4.78 is 0. The van der Waals surface area contributed by atoms with Gasteiger partial charge in [0.25, 0.3) is 0 Å². The number of nitrogens with one attached hydrogen (secondary N) is 2. The molecule has 1 aromatic carbocycles. The van der Waals surface area contributed by atoms with Crippen LogP contribution in [-0.2, 0) is 11.3 Å². The number of hydrogen-bond acceptors (Lipinski definition) is 3. The van der Waals surface area contributed by atoms with E-state index in [1.165, 1.54) is 0 Å². The minimum Gasteiger partial charge on any atom is -0.480 e. The van der Waals surface area contributed by atoms with E-state index < -0.39 is 12.0 Å². The Morgan fingerprint density at radius 2 is 2.21 bits per heavy atom. The van der Waals surface area contributed by atoms with Crippen LogP contribution in [0.15, 0.2) is 24.3 Å². The Balaban J connectivity index is 2.18. The van der Waals surface area contributed by atoms with Crippen LogP contribution in [0.5, 0.6) is 0 Å². The van der Waals surface area contributed by atoms with Gasteiger partial charge in [0.05, 0.1) is 0 Å². The van der Waals surface area contributed by atoms with E-state index in [1.807, 2.05) is 24.3 Å². The molecule has 1 heterocycles. The number of para-hydroxylation sites is 1. The van der Waals surface area contributed by atoms with Gasteiger partial charge in [-0.2, -0.15) is 0 Å². The highest BCUT2D eigenvalue weighted by atomic mass is 16.4. The Bertz CT molecular complexity index is 325. The second kappa shape index (κ2) is 3.67. The molecule has 3 N–H and O–H groups in total. The Hall–Kier alpha value is -1.55. The second-order valence-corrected chi connectivity index (χ2v) is 3.31. The summed E-state index contributed by atoms with van der Waals surface area (Å²) in [6.07, 6.45) is 0. The maximum Gasteiger partial charge on any atom is 0.322 e. The first kappa shape index (κ1) is 9.02. The van der Waals surface area contributed by atoms with E-state index in [0.29, 0.717) is 13.1 Å². The van der Waals surface area contributed by atoms with Crippen molar-refractivity contribution in [3.8, 4) is 0 Å². The van der Waals surface area contributed by atoms with Crippen LogP contribution >= 0.6 is 0 Å². The molecule has 4 heteroatoms. The van der Waals surface area contributed by atoms with Crippen LogP contribution in [-0.4, -0.2) is 23.7 Å². The molecular weight excluding hydrogens is 180 g/mol. The lowest BCUT2D eigenvalue weighted by Crippen LogP contribution is -2.39. The number of rotatable bonds is 1. The highest BCUT2D eigenvalue weighted by Gasteiger charge is 2.19. The molecule has 74 valence electrons. The molecule has 0 aromatic heterocycles. The molecule has 0 fully saturated rings. The predicted molar refractivity (Wildman–Crippen MR) is 53.2 cm³/mol. The lowest BCUT2D eigenvalue weighted by atomic mass is 10.2. The highest BCUT2D eigenvalue weighted by molar-refractivity contribution is 5.75. The van der Waals surface area contributed by atoms with Crippen molar-refractivity contribution in [2.24, 2.45) is 0 Å². The quantitative estimate of drug-likeness (QED) is 0.611. The first-order chi connectivity index (χ1) is 6.77. The molecule has 2 rings (SSSR count). The topological polar surface area (TPSA) is 61.4 Å². The molecule has 0 aliphatic carbocycles. The van der Waals surface area contributed by atoms with Crippen LogP contribution in [0.25, 0.3) is 0 Å². The largest absolute Gasteiger partial charge is 0.480 e. The second-order valence-electron chi connectivity index (χ2n) is 3.31. The molecule has 0 amide bonds. The molecular formula is C10H12N2O2. The van der Waals surface area contributed by atoms with Crippen molar-refractivity contribution < 1.29 is 9.90 Å². The van der Waals surface area contributed by atoms with Gasteiger partial charge in [-0.05, 0) is 11.6 Å². The van der Waals surface area contributed by atoms with Crippen LogP contribution in [0.2, 0.25) is 0 Å². The van der Waals surface area contributed by atoms with Crippen molar-refractivity contribution in [2.75, 3.05) is 11.9 Å². The summed E-state index contributed by atoms with van der Waals surface area (Å²) in [6.45, 7) is 1.02. The maximum atomic E-state index is 10.8. The standard InChI is InChI=1S/C10H12N2O2/c13-10(14)9-6-12-8-4-2-1-3-7(8)5-11-9/h1-4,9,11-12H,5-6H2,(H,13,14). The lowest BCUT2D eigenvalue weighted by molar-refractivity contribution is -0.139. The van der Waals surface area contributed by atoms with E-state index in [0.717, 1.165) is 11.3 Å². The van der Waals surface area contributed by atoms with Gasteiger partial charge in [-0.3, -0.25) is 10.1 Å². The van der Waals surface area contributed by atoms with E-state index in [1.54, 1.807) is 0 Å². The summed E-state index contributed by atoms with van der Waals surface area (Å²) >= 11 is 0. The van der Waals surface area contributed by atoms with Crippen LogP contribution in [0, 0.1) is 0 Å². The number of carboxylic acid groups (broad SMARTS) is 1. The van der Waals surface area contributed by atoms with Crippen LogP contribution < -0.4 is 10.6 Å². The third-order valence-corrected chi connectivity index (χ3v) is 2.35. The minimum absolute atomic E-state index is 0.423. The molecule has 0 saturated carbocycles. The van der Waals surface area contributed by atoms with Gasteiger partial charge in [-0.1, -0.05) is 18.2 Å². The number of fused-ring (bicyclic) bond motifs is 1. The zero-order valence-corrected chi connectivity index (χ0v) is 7.66. The SMILES string of the molecule is O=C(O)C1CNc2ccccc2CN1. The molecule has 0 radical (unpaired) electrons. The maximum absolute atomic E-state index is 10.8. The van der Waals surface area contributed by atoms with Gasteiger partial charge < -0.3 is 10.4 Å². The normalized spacial score (nSPS) is 20.4. The number of aliphatic carboxylic acids is 1. The molecule has 4 nitrogen and oxygen atoms in total. The van der Waals surface area contributed by atoms with E-state index >= 15 is 0 Å². The van der Waals surface area contributed by atoms with Gasteiger partial charge in [-0.25, -0.2) is 0 Å². The molecule has 1 aliphatic rings. The van der Waals surface area contributed by atoms with Gasteiger partial charge in [-0.15, -0.1) is 0 Å². The van der Waals surface area contributed by atoms with Crippen molar-refractivity contribution in [2.45, 2.75) is 12.6 Å². The fraction of sp³-hybridized carbons (Fsp3) is 0.300. The van der Waals surface area contributed by atoms with E-state index in [2.05, 4.69) is 10.6 Å². The number of carbonyl (C=O) groups is 1. The average Bonchev–Trinajstić information content (AvgIpc) is 2.39. The molecule has 1 unspecified atom stereocenters. The summed E-state index contributed by atoms with van der Waals surface area (Å²) in [7, 11) is 0. The van der Waals surface area contributed by atoms with Crippen molar-refractivity contribution in [1.29, 1.82) is 0 Å². The molecule has 14 heavy (non-hydrogen) atoms. The number of hydrogen-bond donors (Lipinski definition) is 3. The summed E-state index contributed by atoms with van der Waals surface area (Å²) in [5.41, 5.74) is 2.12. The van der Waals surface area contributed by atoms with Gasteiger partial charge in [0.15, 0.2) is 0 Å². The fourth-order valence-corrected chi connectivity index (χ4v) is 1.54. The van der Waals surface area contributed by atoms with E-state index in [-0.39, 0.29) is 0 Å². The monoisotopic (exact) mass is 192 g/mol. The Labute approximate surface area is 81.9 Å². The molecule has 0 spiro atoms. The first-order valence-corrected chi connectivity index (χ1v) is 4.55. The van der Waals surface area contributed by atoms with Crippen LogP contribution in [0.4, 0.5) is 5.69 Å². The van der Waals surface area contributed by atoms with Crippen molar-refractivity contribution >= 4 is 11.7 Å². The third kappa shape index (κ3) is 1.70. The van der Waals surface area contributed by atoms with Crippen LogP contribution in [0.1, 0.15) is 5.56 Å². The zero-order valence-electron chi connectivity index (χ0n) is 7.66. The van der Waals surface area contributed by atoms with Crippen molar-refractivity contribution in [3.63, 3.8) is 0 Å². The van der Waals surface area contributed by atoms with Crippen LogP contribution in [0.3, 0.4) is 0 Å². The minimum atomic E-state index is -0.815. The predicted octanol–water partition coefficient (Wildman–Crippen LogP) is 0.655. The van der Waals surface area contributed by atoms with E-state index in [4.69, 9.17) is 5.11 Å². The molecule has 0 saturated heterocycles. The smallest absolute Gasteiger partial charge is 0.322 e. The van der Waals surface area contributed by atoms with Gasteiger partial charge in [0, 0.05) is 18.8 Å². The Morgan fingerprint density at radius 3 is 3.00 bits per heavy atom. The summed E-state index contributed by atoms with van der Waals surface area (Å²) in [6, 6.07) is 7.32. The third-order valence-electron chi connectivity index (χ3n) is 2.35. The summed E-state index contributed by atoms with van der Waals surface area (Å²) in [5.74, 6) is -0.815. The molecule has 1 atom stereocenters. The highest BCUT2D eigenvalue weighted by Crippen LogP contribution is 2.16. The molecule has 1 aliphatic heterocycles. The molecule has 1 aromatic rings. The molecule has 0 bridgehead atoms. The zero-order chi connectivity index (χ0) is 9.97. The number of carboxylic acids is 1. The number of benzene rings is 1. The van der Waals surface area contributed by atoms with E-state index in [9.17, 15) is 4.79 Å². The fourth-order valence-electron chi connectivity index (χ4n) is 1.54. The van der Waals surface area contributed by atoms with Crippen molar-refractivity contribution in [1.82, 2.24) is 5.32 Å². The van der Waals surface area contributed by atoms with Gasteiger partial charge in [0.2, 0.25) is 0 Å². The summed E-state index contributed by atoms with van der Waals surface area (Å²) in [5, 5.41) is 14.9. The van der Waals surface area contributed by atoms with Crippen molar-refractivity contribution in [3.05, 3.63) is 29.8 Å². The van der Waals surface area contributed by atoms with Gasteiger partial charge >= 0.3 is 5.97 Å². The average molecular weight is 192 g/mol. The lowest BCUT2D eigenvalue weighted by Gasteiger charge is -2.09. The Morgan fingerprint density at radius 1 is 1.43 bits per heavy atom.